The Kier molecular flexibility index (Phi) is 5.06. The zero-order chi connectivity index (χ0) is 13.1. The van der Waals surface area contributed by atoms with E-state index in [9.17, 15) is 0 Å². The second-order valence-electron chi connectivity index (χ2n) is 3.96. The first-order valence-corrected chi connectivity index (χ1v) is 8.17. The van der Waals surface area contributed by atoms with Crippen LogP contribution in [0.3, 0.4) is 0 Å². The zero-order valence-corrected chi connectivity index (χ0v) is 14.4. The molecule has 2 aromatic rings. The van der Waals surface area contributed by atoms with E-state index in [-0.39, 0.29) is 6.04 Å². The van der Waals surface area contributed by atoms with Crippen LogP contribution in [0.25, 0.3) is 0 Å². The predicted octanol–water partition coefficient (Wildman–Crippen LogP) is 4.37. The summed E-state index contributed by atoms with van der Waals surface area (Å²) in [6, 6.07) is 8.28. The molecule has 1 unspecified atom stereocenters. The summed E-state index contributed by atoms with van der Waals surface area (Å²) < 4.78 is 7.45. The molecule has 0 bridgehead atoms. The summed E-state index contributed by atoms with van der Waals surface area (Å²) in [6.07, 6.45) is 0.829. The number of ether oxygens (including phenoxy) is 1. The highest BCUT2D eigenvalue weighted by Crippen LogP contribution is 2.28. The van der Waals surface area contributed by atoms with Gasteiger partial charge >= 0.3 is 0 Å². The molecule has 0 fully saturated rings. The quantitative estimate of drug-likeness (QED) is 0.721. The third-order valence-electron chi connectivity index (χ3n) is 2.69. The Hall–Kier alpha value is -0.110. The number of benzene rings is 1. The smallest absolute Gasteiger partial charge is 0.133 e. The van der Waals surface area contributed by atoms with Gasteiger partial charge in [-0.05, 0) is 79.6 Å². The maximum atomic E-state index is 6.22. The van der Waals surface area contributed by atoms with Crippen LogP contribution in [0.2, 0.25) is 0 Å². The Morgan fingerprint density at radius 3 is 2.78 bits per heavy atom. The fourth-order valence-electron chi connectivity index (χ4n) is 1.73. The van der Waals surface area contributed by atoms with Crippen LogP contribution >= 0.6 is 49.9 Å². The van der Waals surface area contributed by atoms with Crippen LogP contribution in [0.4, 0.5) is 0 Å². The molecule has 96 valence electrons. The van der Waals surface area contributed by atoms with E-state index in [0.29, 0.717) is 0 Å². The van der Waals surface area contributed by atoms with Crippen molar-refractivity contribution in [3.63, 3.8) is 0 Å². The molecule has 0 spiro atoms. The van der Waals surface area contributed by atoms with E-state index in [1.807, 2.05) is 6.07 Å². The van der Waals surface area contributed by atoms with Gasteiger partial charge in [-0.3, -0.25) is 0 Å². The molecule has 0 saturated heterocycles. The molecule has 1 heterocycles. The summed E-state index contributed by atoms with van der Waals surface area (Å²) in [6.45, 7) is 0. The first-order valence-electron chi connectivity index (χ1n) is 5.42. The Balaban J connectivity index is 2.12. The molecule has 0 aliphatic rings. The molecule has 2 N–H and O–H groups in total. The molecular weight excluding hydrogens is 425 g/mol. The summed E-state index contributed by atoms with van der Waals surface area (Å²) in [4.78, 5) is 0. The van der Waals surface area contributed by atoms with E-state index < -0.39 is 0 Å². The van der Waals surface area contributed by atoms with Crippen LogP contribution in [0.15, 0.2) is 34.1 Å². The second-order valence-corrected chi connectivity index (χ2v) is 7.62. The summed E-state index contributed by atoms with van der Waals surface area (Å²) in [7, 11) is 1.67. The van der Waals surface area contributed by atoms with Gasteiger partial charge in [-0.25, -0.2) is 0 Å². The van der Waals surface area contributed by atoms with Crippen LogP contribution in [0, 0.1) is 2.88 Å². The lowest BCUT2D eigenvalue weighted by atomic mass is 10.0. The third-order valence-corrected chi connectivity index (χ3v) is 5.11. The Labute approximate surface area is 133 Å². The topological polar surface area (TPSA) is 35.2 Å². The van der Waals surface area contributed by atoms with Crippen molar-refractivity contribution in [1.29, 1.82) is 0 Å². The third kappa shape index (κ3) is 3.46. The van der Waals surface area contributed by atoms with Gasteiger partial charge in [0.25, 0.3) is 0 Å². The summed E-state index contributed by atoms with van der Waals surface area (Å²) in [5, 5.41) is 2.13. The van der Waals surface area contributed by atoms with E-state index in [0.717, 1.165) is 16.6 Å². The van der Waals surface area contributed by atoms with Gasteiger partial charge in [0.05, 0.1) is 14.5 Å². The van der Waals surface area contributed by atoms with Gasteiger partial charge in [-0.2, -0.15) is 0 Å². The van der Waals surface area contributed by atoms with Gasteiger partial charge in [-0.1, -0.05) is 6.07 Å². The van der Waals surface area contributed by atoms with Crippen molar-refractivity contribution < 1.29 is 4.74 Å². The van der Waals surface area contributed by atoms with E-state index in [1.54, 1.807) is 18.4 Å². The molecule has 2 rings (SSSR count). The minimum Gasteiger partial charge on any atom is -0.496 e. The molecule has 0 radical (unpaired) electrons. The molecular formula is C13H13BrINOS. The molecule has 18 heavy (non-hydrogen) atoms. The van der Waals surface area contributed by atoms with Crippen molar-refractivity contribution in [2.45, 2.75) is 12.5 Å². The second kappa shape index (κ2) is 6.36. The Morgan fingerprint density at radius 2 is 2.22 bits per heavy atom. The number of hydrogen-bond donors (Lipinski definition) is 1. The van der Waals surface area contributed by atoms with Gasteiger partial charge in [0.1, 0.15) is 5.75 Å². The van der Waals surface area contributed by atoms with Crippen molar-refractivity contribution >= 4 is 49.9 Å². The van der Waals surface area contributed by atoms with Crippen LogP contribution in [0.1, 0.15) is 17.2 Å². The molecule has 2 nitrogen and oxygen atoms in total. The lowest BCUT2D eigenvalue weighted by Gasteiger charge is -2.11. The highest BCUT2D eigenvalue weighted by Gasteiger charge is 2.10. The summed E-state index contributed by atoms with van der Waals surface area (Å²) in [5.41, 5.74) is 8.63. The van der Waals surface area contributed by atoms with E-state index in [1.165, 1.54) is 14.0 Å². The highest BCUT2D eigenvalue weighted by atomic mass is 127. The summed E-state index contributed by atoms with van der Waals surface area (Å²) >= 11 is 7.54. The highest BCUT2D eigenvalue weighted by molar-refractivity contribution is 14.1. The van der Waals surface area contributed by atoms with Gasteiger partial charge in [0.2, 0.25) is 0 Å². The molecule has 1 aromatic heterocycles. The van der Waals surface area contributed by atoms with Crippen molar-refractivity contribution in [1.82, 2.24) is 0 Å². The minimum atomic E-state index is 0.0464. The first-order chi connectivity index (χ1) is 8.60. The normalized spacial score (nSPS) is 12.4. The Morgan fingerprint density at radius 1 is 1.44 bits per heavy atom. The fraction of sp³-hybridized carbons (Fsp3) is 0.231. The average molecular weight is 438 g/mol. The maximum Gasteiger partial charge on any atom is 0.133 e. The average Bonchev–Trinajstić information content (AvgIpc) is 2.76. The molecule has 0 aliphatic heterocycles. The number of hydrogen-bond acceptors (Lipinski definition) is 3. The predicted molar refractivity (Wildman–Crippen MR) is 88.4 cm³/mol. The fourth-order valence-corrected chi connectivity index (χ4v) is 3.75. The van der Waals surface area contributed by atoms with Gasteiger partial charge in [0.15, 0.2) is 0 Å². The first kappa shape index (κ1) is 14.3. The lowest BCUT2D eigenvalue weighted by molar-refractivity contribution is 0.412. The molecule has 5 heteroatoms. The molecule has 0 aliphatic carbocycles. The van der Waals surface area contributed by atoms with E-state index in [4.69, 9.17) is 10.5 Å². The van der Waals surface area contributed by atoms with Gasteiger partial charge in [-0.15, -0.1) is 11.3 Å². The minimum absolute atomic E-state index is 0.0464. The van der Waals surface area contributed by atoms with Crippen LogP contribution < -0.4 is 10.5 Å². The van der Waals surface area contributed by atoms with Crippen molar-refractivity contribution in [2.24, 2.45) is 5.73 Å². The number of nitrogens with two attached hydrogens (primary N) is 1. The summed E-state index contributed by atoms with van der Waals surface area (Å²) in [5.74, 6) is 0.845. The van der Waals surface area contributed by atoms with Crippen molar-refractivity contribution in [3.05, 3.63) is 48.1 Å². The van der Waals surface area contributed by atoms with E-state index >= 15 is 0 Å². The maximum absolute atomic E-state index is 6.22. The van der Waals surface area contributed by atoms with Crippen molar-refractivity contribution in [3.8, 4) is 5.75 Å². The number of thiophene rings is 1. The molecule has 1 atom stereocenters. The zero-order valence-electron chi connectivity index (χ0n) is 9.82. The molecule has 1 aromatic carbocycles. The Bertz CT molecular complexity index is 544. The number of halogens is 2. The van der Waals surface area contributed by atoms with Gasteiger partial charge < -0.3 is 10.5 Å². The standard InChI is InChI=1S/C13H13BrINOS/c1-17-12-3-2-8(4-10(12)14)5-11(16)9-6-13(15)18-7-9/h2-4,6-7,11H,5,16H2,1H3. The van der Waals surface area contributed by atoms with Crippen LogP contribution in [-0.4, -0.2) is 7.11 Å². The number of rotatable bonds is 4. The molecule has 0 saturated carbocycles. The largest absolute Gasteiger partial charge is 0.496 e. The van der Waals surface area contributed by atoms with Crippen LogP contribution in [-0.2, 0) is 6.42 Å². The van der Waals surface area contributed by atoms with Gasteiger partial charge in [0, 0.05) is 6.04 Å². The van der Waals surface area contributed by atoms with E-state index in [2.05, 4.69) is 62.1 Å². The SMILES string of the molecule is COc1ccc(CC(N)c2csc(I)c2)cc1Br. The van der Waals surface area contributed by atoms with Crippen molar-refractivity contribution in [2.75, 3.05) is 7.11 Å². The lowest BCUT2D eigenvalue weighted by Crippen LogP contribution is -2.12. The van der Waals surface area contributed by atoms with Crippen LogP contribution in [0.5, 0.6) is 5.75 Å². The molecule has 0 amide bonds. The number of methoxy groups -OCH3 is 1. The monoisotopic (exact) mass is 437 g/mol.